The molecule has 1 aliphatic rings. The summed E-state index contributed by atoms with van der Waals surface area (Å²) in [5.74, 6) is 0.382. The zero-order valence-electron chi connectivity index (χ0n) is 17.2. The van der Waals surface area contributed by atoms with E-state index in [9.17, 15) is 14.7 Å². The molecule has 28 heavy (non-hydrogen) atoms. The number of Topliss-reactive ketones (excluding diaryl/α,β-unsaturated/α-hetero) is 1. The summed E-state index contributed by atoms with van der Waals surface area (Å²) in [6.45, 7) is 2.23. The van der Waals surface area contributed by atoms with Gasteiger partial charge in [-0.2, -0.15) is 11.8 Å². The van der Waals surface area contributed by atoms with E-state index >= 15 is 0 Å². The normalized spacial score (nSPS) is 23.5. The molecule has 0 aromatic carbocycles. The lowest BCUT2D eigenvalue weighted by Gasteiger charge is -2.20. The fourth-order valence-electron chi connectivity index (χ4n) is 3.89. The first kappa shape index (κ1) is 25.2. The van der Waals surface area contributed by atoms with Crippen molar-refractivity contribution >= 4 is 23.5 Å². The number of rotatable bonds is 16. The van der Waals surface area contributed by atoms with E-state index in [1.54, 1.807) is 11.8 Å². The molecule has 0 amide bonds. The Balaban J connectivity index is 2.54. The lowest BCUT2D eigenvalue weighted by Crippen LogP contribution is -2.18. The van der Waals surface area contributed by atoms with Crippen molar-refractivity contribution in [2.24, 2.45) is 11.8 Å². The average Bonchev–Trinajstić information content (AvgIpc) is 2.95. The van der Waals surface area contributed by atoms with Crippen LogP contribution in [0.4, 0.5) is 0 Å². The highest BCUT2D eigenvalue weighted by molar-refractivity contribution is 8.00. The molecular weight excluding hydrogens is 376 g/mol. The number of allylic oxidation sites excluding steroid dienone is 1. The highest BCUT2D eigenvalue weighted by Gasteiger charge is 2.40. The van der Waals surface area contributed by atoms with Crippen molar-refractivity contribution in [1.29, 1.82) is 0 Å². The van der Waals surface area contributed by atoms with Crippen LogP contribution in [0, 0.1) is 11.8 Å². The molecule has 0 aromatic heterocycles. The fraction of sp³-hybridized carbons (Fsp3) is 0.818. The summed E-state index contributed by atoms with van der Waals surface area (Å²) >= 11 is 1.67. The molecule has 3 N–H and O–H groups in total. The molecule has 0 radical (unpaired) electrons. The standard InChI is InChI=1S/C22H38O5S/c1-2-3-9-17(24)10-8-12-19-18(11-6-4-5-7-13-22(26)27)20(25)16-21(19)28-15-14-23/h8,12,17-19,21,23-24H,2-7,9-11,13-16H2,1H3,(H,26,27)/t17?,18-,19-,21-/m1/s1. The number of thioether (sulfide) groups is 1. The Morgan fingerprint density at radius 2 is 2.00 bits per heavy atom. The number of carbonyl (C=O) groups is 2. The van der Waals surface area contributed by atoms with Crippen molar-refractivity contribution in [2.75, 3.05) is 12.4 Å². The van der Waals surface area contributed by atoms with Crippen molar-refractivity contribution in [3.8, 4) is 0 Å². The molecule has 0 saturated heterocycles. The van der Waals surface area contributed by atoms with Gasteiger partial charge in [-0.05, 0) is 31.6 Å². The van der Waals surface area contributed by atoms with Crippen molar-refractivity contribution < 1.29 is 24.9 Å². The molecule has 0 heterocycles. The Morgan fingerprint density at radius 3 is 2.68 bits per heavy atom. The zero-order chi connectivity index (χ0) is 20.8. The maximum absolute atomic E-state index is 12.6. The second kappa shape index (κ2) is 15.1. The van der Waals surface area contributed by atoms with Gasteiger partial charge in [-0.25, -0.2) is 0 Å². The van der Waals surface area contributed by atoms with Crippen LogP contribution in [0.25, 0.3) is 0 Å². The number of aliphatic carboxylic acids is 1. The number of carboxylic acids is 1. The second-order valence-corrected chi connectivity index (χ2v) is 9.14. The van der Waals surface area contributed by atoms with Gasteiger partial charge >= 0.3 is 5.97 Å². The van der Waals surface area contributed by atoms with Crippen LogP contribution in [0.15, 0.2) is 12.2 Å². The first-order chi connectivity index (χ1) is 13.5. The maximum atomic E-state index is 12.6. The van der Waals surface area contributed by atoms with Gasteiger partial charge in [0.05, 0.1) is 12.7 Å². The molecule has 1 rings (SSSR count). The van der Waals surface area contributed by atoms with Crippen LogP contribution < -0.4 is 0 Å². The van der Waals surface area contributed by atoms with Gasteiger partial charge in [0.1, 0.15) is 5.78 Å². The Morgan fingerprint density at radius 1 is 1.25 bits per heavy atom. The van der Waals surface area contributed by atoms with Crippen molar-refractivity contribution in [3.63, 3.8) is 0 Å². The lowest BCUT2D eigenvalue weighted by molar-refractivity contribution is -0.137. The van der Waals surface area contributed by atoms with E-state index in [1.807, 2.05) is 6.08 Å². The van der Waals surface area contributed by atoms with E-state index in [-0.39, 0.29) is 36.2 Å². The first-order valence-corrected chi connectivity index (χ1v) is 11.9. The Labute approximate surface area is 174 Å². The number of carbonyl (C=O) groups excluding carboxylic acids is 1. The van der Waals surface area contributed by atoms with Gasteiger partial charge in [-0.15, -0.1) is 0 Å². The number of aliphatic hydroxyl groups excluding tert-OH is 2. The van der Waals surface area contributed by atoms with Crippen LogP contribution in [-0.4, -0.2) is 50.8 Å². The Hall–Kier alpha value is -0.850. The van der Waals surface area contributed by atoms with Crippen LogP contribution in [0.2, 0.25) is 0 Å². The number of ketones is 1. The highest BCUT2D eigenvalue weighted by atomic mass is 32.2. The minimum atomic E-state index is -0.749. The highest BCUT2D eigenvalue weighted by Crippen LogP contribution is 2.40. The van der Waals surface area contributed by atoms with E-state index in [2.05, 4.69) is 13.0 Å². The number of unbranched alkanes of at least 4 members (excludes halogenated alkanes) is 4. The van der Waals surface area contributed by atoms with E-state index in [0.717, 1.165) is 44.9 Å². The van der Waals surface area contributed by atoms with E-state index < -0.39 is 5.97 Å². The van der Waals surface area contributed by atoms with Crippen LogP contribution >= 0.6 is 11.8 Å². The molecule has 0 bridgehead atoms. The van der Waals surface area contributed by atoms with Gasteiger partial charge in [0.2, 0.25) is 0 Å². The third kappa shape index (κ3) is 10.1. The summed E-state index contributed by atoms with van der Waals surface area (Å²) in [4.78, 5) is 23.1. The van der Waals surface area contributed by atoms with Gasteiger partial charge in [0.15, 0.2) is 0 Å². The molecule has 1 saturated carbocycles. The van der Waals surface area contributed by atoms with Gasteiger partial charge in [0.25, 0.3) is 0 Å². The molecule has 1 aliphatic carbocycles. The topological polar surface area (TPSA) is 94.8 Å². The van der Waals surface area contributed by atoms with Crippen molar-refractivity contribution in [2.45, 2.75) is 88.9 Å². The smallest absolute Gasteiger partial charge is 0.303 e. The zero-order valence-corrected chi connectivity index (χ0v) is 18.0. The summed E-state index contributed by atoms with van der Waals surface area (Å²) < 4.78 is 0. The van der Waals surface area contributed by atoms with Gasteiger partial charge < -0.3 is 15.3 Å². The van der Waals surface area contributed by atoms with Crippen LogP contribution in [-0.2, 0) is 9.59 Å². The maximum Gasteiger partial charge on any atom is 0.303 e. The number of hydrogen-bond acceptors (Lipinski definition) is 5. The largest absolute Gasteiger partial charge is 0.481 e. The lowest BCUT2D eigenvalue weighted by atomic mass is 9.89. The number of aliphatic hydroxyl groups is 2. The molecule has 5 nitrogen and oxygen atoms in total. The van der Waals surface area contributed by atoms with Gasteiger partial charge in [-0.1, -0.05) is 51.2 Å². The summed E-state index contributed by atoms with van der Waals surface area (Å²) in [5, 5.41) is 28.1. The number of carboxylic acid groups (broad SMARTS) is 1. The third-order valence-corrected chi connectivity index (χ3v) is 6.77. The first-order valence-electron chi connectivity index (χ1n) is 10.8. The van der Waals surface area contributed by atoms with Crippen LogP contribution in [0.5, 0.6) is 0 Å². The summed E-state index contributed by atoms with van der Waals surface area (Å²) in [6, 6.07) is 0. The molecule has 0 aromatic rings. The van der Waals surface area contributed by atoms with Crippen LogP contribution in [0.3, 0.4) is 0 Å². The van der Waals surface area contributed by atoms with Crippen molar-refractivity contribution in [3.05, 3.63) is 12.2 Å². The molecule has 4 atom stereocenters. The van der Waals surface area contributed by atoms with E-state index in [0.29, 0.717) is 30.8 Å². The van der Waals surface area contributed by atoms with E-state index in [4.69, 9.17) is 10.2 Å². The molecule has 0 spiro atoms. The van der Waals surface area contributed by atoms with Gasteiger partial charge in [0, 0.05) is 29.8 Å². The van der Waals surface area contributed by atoms with Crippen molar-refractivity contribution in [1.82, 2.24) is 0 Å². The predicted octanol–water partition coefficient (Wildman–Crippen LogP) is 4.21. The SMILES string of the molecule is CCCCC(O)CC=C[C@H]1[C@H](SCCO)CC(=O)[C@@H]1CCCCCCC(=O)O. The average molecular weight is 415 g/mol. The molecule has 6 heteroatoms. The minimum Gasteiger partial charge on any atom is -0.481 e. The minimum absolute atomic E-state index is 0.0136. The molecule has 1 unspecified atom stereocenters. The second-order valence-electron chi connectivity index (χ2n) is 7.79. The summed E-state index contributed by atoms with van der Waals surface area (Å²) in [5.41, 5.74) is 0. The van der Waals surface area contributed by atoms with E-state index in [1.165, 1.54) is 0 Å². The summed E-state index contributed by atoms with van der Waals surface area (Å²) in [6.07, 6.45) is 12.5. The monoisotopic (exact) mass is 414 g/mol. The molecule has 0 aliphatic heterocycles. The van der Waals surface area contributed by atoms with Gasteiger partial charge in [-0.3, -0.25) is 9.59 Å². The fourth-order valence-corrected chi connectivity index (χ4v) is 5.08. The van der Waals surface area contributed by atoms with Crippen LogP contribution in [0.1, 0.15) is 77.6 Å². The summed E-state index contributed by atoms with van der Waals surface area (Å²) in [7, 11) is 0. The predicted molar refractivity (Wildman–Crippen MR) is 115 cm³/mol. The Kier molecular flexibility index (Phi) is 13.5. The number of hydrogen-bond donors (Lipinski definition) is 3. The molecule has 1 fully saturated rings. The quantitative estimate of drug-likeness (QED) is 0.259. The third-order valence-electron chi connectivity index (χ3n) is 5.45. The molecule has 162 valence electrons. The Bertz CT molecular complexity index is 480. The molecular formula is C22H38O5S.